The van der Waals surface area contributed by atoms with E-state index in [1.54, 1.807) is 24.3 Å². The first kappa shape index (κ1) is 12.7. The molecule has 2 N–H and O–H groups in total. The summed E-state index contributed by atoms with van der Waals surface area (Å²) in [6.07, 6.45) is 3.01. The molecule has 0 aliphatic rings. The van der Waals surface area contributed by atoms with Gasteiger partial charge in [-0.05, 0) is 36.4 Å². The number of rotatable bonds is 3. The van der Waals surface area contributed by atoms with Crippen LogP contribution in [0.1, 0.15) is 0 Å². The summed E-state index contributed by atoms with van der Waals surface area (Å²) in [5.74, 6) is 0.658. The fraction of sp³-hybridized carbons (Fsp3) is 0.0714. The van der Waals surface area contributed by atoms with Gasteiger partial charge in [0.1, 0.15) is 11.5 Å². The molecule has 20 heavy (non-hydrogen) atoms. The highest BCUT2D eigenvalue weighted by atomic mass is 32.2. The zero-order valence-corrected chi connectivity index (χ0v) is 11.6. The smallest absolute Gasteiger partial charge is 0.175 e. The minimum Gasteiger partial charge on any atom is -0.346 e. The normalized spacial score (nSPS) is 11.7. The summed E-state index contributed by atoms with van der Waals surface area (Å²) in [5.41, 5.74) is 1.47. The summed E-state index contributed by atoms with van der Waals surface area (Å²) in [6.45, 7) is 0. The number of anilines is 2. The first-order chi connectivity index (χ1) is 9.52. The molecule has 2 aromatic heterocycles. The van der Waals surface area contributed by atoms with Gasteiger partial charge in [-0.3, -0.25) is 0 Å². The Hall–Kier alpha value is -2.34. The van der Waals surface area contributed by atoms with Crippen molar-refractivity contribution in [3.63, 3.8) is 0 Å². The van der Waals surface area contributed by atoms with Gasteiger partial charge in [0.15, 0.2) is 9.84 Å². The third-order valence-electron chi connectivity index (χ3n) is 2.94. The first-order valence-corrected chi connectivity index (χ1v) is 7.93. The Morgan fingerprint density at radius 1 is 1.15 bits per heavy atom. The zero-order valence-electron chi connectivity index (χ0n) is 10.8. The molecule has 102 valence electrons. The number of nitrogens with zero attached hydrogens (tertiary/aromatic N) is 1. The van der Waals surface area contributed by atoms with Crippen LogP contribution in [0.5, 0.6) is 0 Å². The highest BCUT2D eigenvalue weighted by Crippen LogP contribution is 2.20. The second-order valence-electron chi connectivity index (χ2n) is 4.54. The maximum atomic E-state index is 11.5. The Balaban J connectivity index is 1.94. The monoisotopic (exact) mass is 287 g/mol. The van der Waals surface area contributed by atoms with Crippen molar-refractivity contribution >= 4 is 32.4 Å². The fourth-order valence-corrected chi connectivity index (χ4v) is 2.62. The SMILES string of the molecule is CS(=O)(=O)c1cccc(Nc2ccc3cc[nH]c3n2)c1. The minimum absolute atomic E-state index is 0.281. The molecule has 0 bridgehead atoms. The van der Waals surface area contributed by atoms with Crippen LogP contribution in [0.25, 0.3) is 11.0 Å². The van der Waals surface area contributed by atoms with E-state index in [9.17, 15) is 8.42 Å². The number of aromatic amines is 1. The Labute approximate surface area is 116 Å². The standard InChI is InChI=1S/C14H13N3O2S/c1-20(18,19)12-4-2-3-11(9-12)16-13-6-5-10-7-8-15-14(10)17-13/h2-9H,1H3,(H2,15,16,17). The largest absolute Gasteiger partial charge is 0.346 e. The molecule has 0 aliphatic heterocycles. The van der Waals surface area contributed by atoms with Crippen LogP contribution in [0, 0.1) is 0 Å². The van der Waals surface area contributed by atoms with Gasteiger partial charge in [0.25, 0.3) is 0 Å². The summed E-state index contributed by atoms with van der Waals surface area (Å²) in [6, 6.07) is 12.4. The molecule has 1 aromatic carbocycles. The first-order valence-electron chi connectivity index (χ1n) is 6.04. The predicted octanol–water partition coefficient (Wildman–Crippen LogP) is 2.71. The molecule has 3 rings (SSSR count). The molecule has 2 heterocycles. The molecule has 0 radical (unpaired) electrons. The van der Waals surface area contributed by atoms with Gasteiger partial charge in [0, 0.05) is 23.5 Å². The van der Waals surface area contributed by atoms with Crippen LogP contribution in [0.3, 0.4) is 0 Å². The molecule has 0 aliphatic carbocycles. The van der Waals surface area contributed by atoms with Crippen molar-refractivity contribution in [2.45, 2.75) is 4.90 Å². The lowest BCUT2D eigenvalue weighted by molar-refractivity contribution is 0.602. The van der Waals surface area contributed by atoms with E-state index in [1.807, 2.05) is 24.4 Å². The maximum Gasteiger partial charge on any atom is 0.175 e. The summed E-state index contributed by atoms with van der Waals surface area (Å²) < 4.78 is 23.1. The second kappa shape index (κ2) is 4.64. The minimum atomic E-state index is -3.21. The molecule has 0 amide bonds. The number of pyridine rings is 1. The molecule has 0 saturated heterocycles. The van der Waals surface area contributed by atoms with Crippen molar-refractivity contribution in [1.82, 2.24) is 9.97 Å². The zero-order chi connectivity index (χ0) is 14.2. The topological polar surface area (TPSA) is 74.8 Å². The van der Waals surface area contributed by atoms with Crippen molar-refractivity contribution < 1.29 is 8.42 Å². The molecule has 6 heteroatoms. The van der Waals surface area contributed by atoms with Gasteiger partial charge in [0.2, 0.25) is 0 Å². The predicted molar refractivity (Wildman–Crippen MR) is 78.9 cm³/mol. The van der Waals surface area contributed by atoms with Gasteiger partial charge >= 0.3 is 0 Å². The van der Waals surface area contributed by atoms with E-state index >= 15 is 0 Å². The molecule has 0 saturated carbocycles. The summed E-state index contributed by atoms with van der Waals surface area (Å²) >= 11 is 0. The maximum absolute atomic E-state index is 11.5. The number of hydrogen-bond donors (Lipinski definition) is 2. The molecule has 3 aromatic rings. The van der Waals surface area contributed by atoms with Gasteiger partial charge in [-0.2, -0.15) is 0 Å². The Morgan fingerprint density at radius 2 is 2.00 bits per heavy atom. The number of nitrogens with one attached hydrogen (secondary N) is 2. The third-order valence-corrected chi connectivity index (χ3v) is 4.05. The van der Waals surface area contributed by atoms with E-state index in [0.29, 0.717) is 11.5 Å². The molecular formula is C14H13N3O2S. The molecule has 0 spiro atoms. The van der Waals surface area contributed by atoms with Gasteiger partial charge < -0.3 is 10.3 Å². The van der Waals surface area contributed by atoms with Crippen molar-refractivity contribution in [2.75, 3.05) is 11.6 Å². The molecule has 0 fully saturated rings. The summed E-state index contributed by atoms with van der Waals surface area (Å²) in [5, 5.41) is 4.13. The average molecular weight is 287 g/mol. The van der Waals surface area contributed by atoms with Crippen LogP contribution in [0.2, 0.25) is 0 Å². The van der Waals surface area contributed by atoms with E-state index in [1.165, 1.54) is 6.26 Å². The highest BCUT2D eigenvalue weighted by molar-refractivity contribution is 7.90. The van der Waals surface area contributed by atoms with E-state index in [2.05, 4.69) is 15.3 Å². The van der Waals surface area contributed by atoms with Crippen molar-refractivity contribution in [3.8, 4) is 0 Å². The van der Waals surface area contributed by atoms with Gasteiger partial charge in [-0.15, -0.1) is 0 Å². The quantitative estimate of drug-likeness (QED) is 0.776. The number of fused-ring (bicyclic) bond motifs is 1. The van der Waals surface area contributed by atoms with Crippen LogP contribution in [0.4, 0.5) is 11.5 Å². The fourth-order valence-electron chi connectivity index (χ4n) is 1.95. The molecule has 0 atom stereocenters. The summed E-state index contributed by atoms with van der Waals surface area (Å²) in [4.78, 5) is 7.72. The number of hydrogen-bond acceptors (Lipinski definition) is 4. The Kier molecular flexibility index (Phi) is 2.94. The van der Waals surface area contributed by atoms with Gasteiger partial charge in [-0.1, -0.05) is 6.07 Å². The average Bonchev–Trinajstić information content (AvgIpc) is 2.85. The molecular weight excluding hydrogens is 274 g/mol. The highest BCUT2D eigenvalue weighted by Gasteiger charge is 2.07. The third kappa shape index (κ3) is 2.50. The van der Waals surface area contributed by atoms with E-state index in [-0.39, 0.29) is 4.90 Å². The second-order valence-corrected chi connectivity index (χ2v) is 6.55. The number of benzene rings is 1. The lowest BCUT2D eigenvalue weighted by Gasteiger charge is -2.07. The van der Waals surface area contributed by atoms with E-state index < -0.39 is 9.84 Å². The van der Waals surface area contributed by atoms with Crippen molar-refractivity contribution in [1.29, 1.82) is 0 Å². The van der Waals surface area contributed by atoms with Gasteiger partial charge in [0.05, 0.1) is 4.90 Å². The van der Waals surface area contributed by atoms with Gasteiger partial charge in [-0.25, -0.2) is 13.4 Å². The number of H-pyrrole nitrogens is 1. The Bertz CT molecular complexity index is 869. The lowest BCUT2D eigenvalue weighted by Crippen LogP contribution is -1.99. The van der Waals surface area contributed by atoms with E-state index in [4.69, 9.17) is 0 Å². The van der Waals surface area contributed by atoms with Crippen LogP contribution in [0.15, 0.2) is 53.6 Å². The lowest BCUT2D eigenvalue weighted by atomic mass is 10.3. The number of sulfone groups is 1. The number of aromatic nitrogens is 2. The van der Waals surface area contributed by atoms with E-state index in [0.717, 1.165) is 11.0 Å². The Morgan fingerprint density at radius 3 is 2.80 bits per heavy atom. The van der Waals surface area contributed by atoms with Crippen LogP contribution >= 0.6 is 0 Å². The molecule has 5 nitrogen and oxygen atoms in total. The molecule has 0 unspecified atom stereocenters. The van der Waals surface area contributed by atoms with Crippen LogP contribution < -0.4 is 5.32 Å². The van der Waals surface area contributed by atoms with Crippen molar-refractivity contribution in [3.05, 3.63) is 48.7 Å². The van der Waals surface area contributed by atoms with Crippen LogP contribution in [-0.2, 0) is 9.84 Å². The van der Waals surface area contributed by atoms with Crippen molar-refractivity contribution in [2.24, 2.45) is 0 Å². The summed E-state index contributed by atoms with van der Waals surface area (Å²) in [7, 11) is -3.21. The van der Waals surface area contributed by atoms with Crippen LogP contribution in [-0.4, -0.2) is 24.6 Å².